The third-order valence-corrected chi connectivity index (χ3v) is 1.98. The molecule has 0 saturated carbocycles. The summed E-state index contributed by atoms with van der Waals surface area (Å²) in [7, 11) is 1.63. The molecule has 0 fully saturated rings. The Hall–Kier alpha value is -1.06. The molecular formula is C10H15NO2. The fourth-order valence-corrected chi connectivity index (χ4v) is 1.16. The highest BCUT2D eigenvalue weighted by Gasteiger charge is 2.04. The highest BCUT2D eigenvalue weighted by Crippen LogP contribution is 2.17. The van der Waals surface area contributed by atoms with Gasteiger partial charge in [0.15, 0.2) is 0 Å². The fourth-order valence-electron chi connectivity index (χ4n) is 1.16. The minimum atomic E-state index is -0.0871. The lowest BCUT2D eigenvalue weighted by molar-refractivity contribution is 0.276. The third-order valence-electron chi connectivity index (χ3n) is 1.98. The summed E-state index contributed by atoms with van der Waals surface area (Å²) in [6.45, 7) is 0.118. The van der Waals surface area contributed by atoms with Crippen LogP contribution in [-0.2, 0) is 0 Å². The van der Waals surface area contributed by atoms with E-state index >= 15 is 0 Å². The molecule has 0 unspecified atom stereocenters. The first-order valence-corrected chi connectivity index (χ1v) is 4.28. The molecule has 0 aliphatic heterocycles. The summed E-state index contributed by atoms with van der Waals surface area (Å²) in [5, 5.41) is 8.69. The Morgan fingerprint density at radius 1 is 1.38 bits per heavy atom. The molecule has 0 aliphatic carbocycles. The first-order chi connectivity index (χ1) is 6.27. The van der Waals surface area contributed by atoms with Crippen LogP contribution in [0, 0.1) is 0 Å². The fraction of sp³-hybridized carbons (Fsp3) is 0.400. The van der Waals surface area contributed by atoms with Crippen molar-refractivity contribution in [2.24, 2.45) is 5.73 Å². The van der Waals surface area contributed by atoms with Gasteiger partial charge in [-0.1, -0.05) is 12.1 Å². The zero-order chi connectivity index (χ0) is 9.68. The maximum Gasteiger partial charge on any atom is 0.118 e. The van der Waals surface area contributed by atoms with E-state index in [1.165, 1.54) is 0 Å². The third kappa shape index (κ3) is 2.72. The van der Waals surface area contributed by atoms with E-state index in [2.05, 4.69) is 0 Å². The number of hydrogen-bond donors (Lipinski definition) is 2. The Labute approximate surface area is 78.1 Å². The quantitative estimate of drug-likeness (QED) is 0.730. The molecule has 3 heteroatoms. The zero-order valence-corrected chi connectivity index (χ0v) is 7.73. The molecule has 0 aromatic heterocycles. The number of nitrogens with two attached hydrogens (primary N) is 1. The molecule has 3 N–H and O–H groups in total. The molecule has 72 valence electrons. The summed E-state index contributed by atoms with van der Waals surface area (Å²) >= 11 is 0. The molecule has 13 heavy (non-hydrogen) atoms. The molecule has 1 rings (SSSR count). The standard InChI is InChI=1S/C10H15NO2/c1-13-9-4-2-8(3-5-9)10(11)6-7-12/h2-5,10,12H,6-7,11H2,1H3/t10-/m0/s1. The molecule has 1 aromatic rings. The van der Waals surface area contributed by atoms with Gasteiger partial charge in [0, 0.05) is 12.6 Å². The van der Waals surface area contributed by atoms with Crippen molar-refractivity contribution in [3.63, 3.8) is 0 Å². The van der Waals surface area contributed by atoms with Gasteiger partial charge in [-0.15, -0.1) is 0 Å². The highest BCUT2D eigenvalue weighted by molar-refractivity contribution is 5.28. The molecule has 0 bridgehead atoms. The Kier molecular flexibility index (Phi) is 3.73. The summed E-state index contributed by atoms with van der Waals surface area (Å²) in [6.07, 6.45) is 0.590. The largest absolute Gasteiger partial charge is 0.497 e. The predicted molar refractivity (Wildman–Crippen MR) is 51.6 cm³/mol. The molecule has 3 nitrogen and oxygen atoms in total. The molecule has 0 spiro atoms. The lowest BCUT2D eigenvalue weighted by Gasteiger charge is -2.10. The van der Waals surface area contributed by atoms with Gasteiger partial charge in [0.05, 0.1) is 7.11 Å². The molecule has 1 aromatic carbocycles. The topological polar surface area (TPSA) is 55.5 Å². The Morgan fingerprint density at radius 3 is 2.46 bits per heavy atom. The van der Waals surface area contributed by atoms with Gasteiger partial charge >= 0.3 is 0 Å². The van der Waals surface area contributed by atoms with Gasteiger partial charge in [-0.3, -0.25) is 0 Å². The first kappa shape index (κ1) is 10.0. The van der Waals surface area contributed by atoms with E-state index < -0.39 is 0 Å². The lowest BCUT2D eigenvalue weighted by atomic mass is 10.1. The van der Waals surface area contributed by atoms with Gasteiger partial charge in [-0.05, 0) is 24.1 Å². The van der Waals surface area contributed by atoms with Crippen LogP contribution in [-0.4, -0.2) is 18.8 Å². The number of methoxy groups -OCH3 is 1. The van der Waals surface area contributed by atoms with Gasteiger partial charge in [0.1, 0.15) is 5.75 Å². The number of hydrogen-bond acceptors (Lipinski definition) is 3. The Bertz CT molecular complexity index is 246. The summed E-state index contributed by atoms with van der Waals surface area (Å²) in [5.74, 6) is 0.819. The van der Waals surface area contributed by atoms with Crippen LogP contribution in [0.5, 0.6) is 5.75 Å². The summed E-state index contributed by atoms with van der Waals surface area (Å²) in [4.78, 5) is 0. The zero-order valence-electron chi connectivity index (χ0n) is 7.73. The van der Waals surface area contributed by atoms with E-state index in [9.17, 15) is 0 Å². The highest BCUT2D eigenvalue weighted by atomic mass is 16.5. The number of rotatable bonds is 4. The van der Waals surface area contributed by atoms with Crippen molar-refractivity contribution in [2.75, 3.05) is 13.7 Å². The van der Waals surface area contributed by atoms with E-state index in [-0.39, 0.29) is 12.6 Å². The number of benzene rings is 1. The van der Waals surface area contributed by atoms with Crippen molar-refractivity contribution in [3.8, 4) is 5.75 Å². The van der Waals surface area contributed by atoms with E-state index in [4.69, 9.17) is 15.6 Å². The molecule has 0 amide bonds. The average molecular weight is 181 g/mol. The lowest BCUT2D eigenvalue weighted by Crippen LogP contribution is -2.11. The van der Waals surface area contributed by atoms with Gasteiger partial charge in [-0.2, -0.15) is 0 Å². The molecule has 0 aliphatic rings. The van der Waals surface area contributed by atoms with Crippen LogP contribution in [0.2, 0.25) is 0 Å². The second kappa shape index (κ2) is 4.84. The van der Waals surface area contributed by atoms with Crippen molar-refractivity contribution in [1.82, 2.24) is 0 Å². The van der Waals surface area contributed by atoms with Crippen LogP contribution < -0.4 is 10.5 Å². The average Bonchev–Trinajstić information content (AvgIpc) is 2.18. The van der Waals surface area contributed by atoms with Crippen molar-refractivity contribution >= 4 is 0 Å². The Morgan fingerprint density at radius 2 is 2.00 bits per heavy atom. The SMILES string of the molecule is COc1ccc([C@@H](N)CCO)cc1. The molecule has 0 heterocycles. The van der Waals surface area contributed by atoms with E-state index in [1.807, 2.05) is 24.3 Å². The van der Waals surface area contributed by atoms with Crippen LogP contribution in [0.4, 0.5) is 0 Å². The summed E-state index contributed by atoms with van der Waals surface area (Å²) < 4.78 is 5.02. The normalized spacial score (nSPS) is 12.5. The van der Waals surface area contributed by atoms with Crippen LogP contribution >= 0.6 is 0 Å². The smallest absolute Gasteiger partial charge is 0.118 e. The second-order valence-corrected chi connectivity index (χ2v) is 2.89. The summed E-state index contributed by atoms with van der Waals surface area (Å²) in [5.41, 5.74) is 6.82. The van der Waals surface area contributed by atoms with Crippen molar-refractivity contribution in [3.05, 3.63) is 29.8 Å². The minimum Gasteiger partial charge on any atom is -0.497 e. The van der Waals surface area contributed by atoms with Gasteiger partial charge in [-0.25, -0.2) is 0 Å². The van der Waals surface area contributed by atoms with Crippen LogP contribution in [0.1, 0.15) is 18.0 Å². The van der Waals surface area contributed by atoms with E-state index in [0.29, 0.717) is 6.42 Å². The predicted octanol–water partition coefficient (Wildman–Crippen LogP) is 1.08. The minimum absolute atomic E-state index is 0.0871. The summed E-state index contributed by atoms with van der Waals surface area (Å²) in [6, 6.07) is 7.48. The van der Waals surface area contributed by atoms with Crippen molar-refractivity contribution in [2.45, 2.75) is 12.5 Å². The van der Waals surface area contributed by atoms with Crippen molar-refractivity contribution < 1.29 is 9.84 Å². The molecule has 0 saturated heterocycles. The van der Waals surface area contributed by atoms with Gasteiger partial charge in [0.25, 0.3) is 0 Å². The van der Waals surface area contributed by atoms with Crippen LogP contribution in [0.15, 0.2) is 24.3 Å². The molecular weight excluding hydrogens is 166 g/mol. The number of ether oxygens (including phenoxy) is 1. The number of aliphatic hydroxyl groups excluding tert-OH is 1. The van der Waals surface area contributed by atoms with Crippen LogP contribution in [0.25, 0.3) is 0 Å². The van der Waals surface area contributed by atoms with Crippen LogP contribution in [0.3, 0.4) is 0 Å². The maximum atomic E-state index is 8.69. The molecule has 0 radical (unpaired) electrons. The van der Waals surface area contributed by atoms with E-state index in [0.717, 1.165) is 11.3 Å². The maximum absolute atomic E-state index is 8.69. The van der Waals surface area contributed by atoms with Gasteiger partial charge < -0.3 is 15.6 Å². The van der Waals surface area contributed by atoms with E-state index in [1.54, 1.807) is 7.11 Å². The Balaban J connectivity index is 2.67. The monoisotopic (exact) mass is 181 g/mol. The first-order valence-electron chi connectivity index (χ1n) is 4.28. The van der Waals surface area contributed by atoms with Crippen molar-refractivity contribution in [1.29, 1.82) is 0 Å². The van der Waals surface area contributed by atoms with Gasteiger partial charge in [0.2, 0.25) is 0 Å². The number of aliphatic hydroxyl groups is 1. The second-order valence-electron chi connectivity index (χ2n) is 2.89. The molecule has 1 atom stereocenters.